The van der Waals surface area contributed by atoms with Crippen LogP contribution in [0.2, 0.25) is 0 Å². The molecule has 0 aromatic heterocycles. The largest absolute Gasteiger partial charge is 0.356 e. The van der Waals surface area contributed by atoms with E-state index in [4.69, 9.17) is 0 Å². The van der Waals surface area contributed by atoms with Gasteiger partial charge in [-0.15, -0.1) is 0 Å². The fourth-order valence-electron chi connectivity index (χ4n) is 3.15. The normalized spacial score (nSPS) is 15.1. The summed E-state index contributed by atoms with van der Waals surface area (Å²) in [5.41, 5.74) is 2.39. The van der Waals surface area contributed by atoms with E-state index in [9.17, 15) is 4.79 Å². The van der Waals surface area contributed by atoms with Gasteiger partial charge in [0.25, 0.3) is 0 Å². The Balaban J connectivity index is 1.85. The van der Waals surface area contributed by atoms with E-state index in [1.54, 1.807) is 7.05 Å². The predicted molar refractivity (Wildman–Crippen MR) is 103 cm³/mol. The Hall–Kier alpha value is -2.04. The molecule has 0 unspecified atom stereocenters. The van der Waals surface area contributed by atoms with E-state index in [1.807, 2.05) is 4.90 Å². The van der Waals surface area contributed by atoms with Gasteiger partial charge in [-0.3, -0.25) is 9.79 Å². The van der Waals surface area contributed by atoms with Gasteiger partial charge in [0, 0.05) is 39.6 Å². The summed E-state index contributed by atoms with van der Waals surface area (Å²) in [6.45, 7) is 7.72. The number of nitrogens with one attached hydrogen (secondary N) is 2. The van der Waals surface area contributed by atoms with E-state index >= 15 is 0 Å². The van der Waals surface area contributed by atoms with Gasteiger partial charge in [0.2, 0.25) is 5.91 Å². The summed E-state index contributed by atoms with van der Waals surface area (Å²) >= 11 is 0. The molecule has 5 nitrogen and oxygen atoms in total. The molecule has 0 radical (unpaired) electrons. The topological polar surface area (TPSA) is 56.7 Å². The molecule has 1 saturated heterocycles. The van der Waals surface area contributed by atoms with Crippen LogP contribution in [0.5, 0.6) is 0 Å². The highest BCUT2D eigenvalue weighted by Gasteiger charge is 2.19. The van der Waals surface area contributed by atoms with Crippen molar-refractivity contribution in [1.29, 1.82) is 0 Å². The van der Waals surface area contributed by atoms with Crippen LogP contribution in [0.3, 0.4) is 0 Å². The summed E-state index contributed by atoms with van der Waals surface area (Å²) in [4.78, 5) is 18.0. The fourth-order valence-corrected chi connectivity index (χ4v) is 3.15. The number of aliphatic imine (C=N–C) groups is 1. The zero-order chi connectivity index (χ0) is 18.1. The Morgan fingerprint density at radius 3 is 2.64 bits per heavy atom. The van der Waals surface area contributed by atoms with Crippen LogP contribution in [-0.4, -0.2) is 36.9 Å². The average Bonchev–Trinajstić information content (AvgIpc) is 3.03. The third-order valence-corrected chi connectivity index (χ3v) is 4.93. The van der Waals surface area contributed by atoms with Gasteiger partial charge in [-0.05, 0) is 23.5 Å². The van der Waals surface area contributed by atoms with Crippen LogP contribution in [0.15, 0.2) is 29.3 Å². The van der Waals surface area contributed by atoms with E-state index in [2.05, 4.69) is 53.7 Å². The first kappa shape index (κ1) is 19.3. The zero-order valence-electron chi connectivity index (χ0n) is 15.8. The Labute approximate surface area is 151 Å². The highest BCUT2D eigenvalue weighted by molar-refractivity contribution is 5.79. The van der Waals surface area contributed by atoms with Crippen LogP contribution in [-0.2, 0) is 17.9 Å². The van der Waals surface area contributed by atoms with Crippen molar-refractivity contribution in [2.24, 2.45) is 10.9 Å². The molecule has 25 heavy (non-hydrogen) atoms. The van der Waals surface area contributed by atoms with Crippen LogP contribution < -0.4 is 10.6 Å². The maximum absolute atomic E-state index is 11.8. The van der Waals surface area contributed by atoms with Crippen molar-refractivity contribution >= 4 is 11.9 Å². The van der Waals surface area contributed by atoms with Crippen LogP contribution in [0, 0.1) is 5.92 Å². The number of carbonyl (C=O) groups excluding carboxylic acids is 1. The number of likely N-dealkylation sites (tertiary alicyclic amines) is 1. The highest BCUT2D eigenvalue weighted by atomic mass is 16.2. The smallest absolute Gasteiger partial charge is 0.222 e. The lowest BCUT2D eigenvalue weighted by Gasteiger charge is -2.18. The second kappa shape index (κ2) is 10.1. The van der Waals surface area contributed by atoms with Crippen molar-refractivity contribution in [3.8, 4) is 0 Å². The van der Waals surface area contributed by atoms with E-state index in [1.165, 1.54) is 24.0 Å². The molecule has 5 heteroatoms. The molecule has 1 heterocycles. The van der Waals surface area contributed by atoms with E-state index in [0.717, 1.165) is 32.0 Å². The second-order valence-electron chi connectivity index (χ2n) is 6.73. The second-order valence-corrected chi connectivity index (χ2v) is 6.73. The Kier molecular flexibility index (Phi) is 7.76. The number of hydrogen-bond donors (Lipinski definition) is 2. The first-order chi connectivity index (χ1) is 12.2. The molecule has 0 atom stereocenters. The molecule has 1 aliphatic rings. The third kappa shape index (κ3) is 6.07. The molecule has 0 aliphatic carbocycles. The van der Waals surface area contributed by atoms with Gasteiger partial charge >= 0.3 is 0 Å². The fraction of sp³-hybridized carbons (Fsp3) is 0.600. The van der Waals surface area contributed by atoms with Crippen LogP contribution >= 0.6 is 0 Å². The standard InChI is InChI=1S/C20H32N4O/c1-4-16(5-2)13-22-20(21-3)23-14-17-8-6-9-18(12-17)15-24-11-7-10-19(24)25/h6,8-9,12,16H,4-5,7,10-11,13-15H2,1-3H3,(H2,21,22,23). The molecule has 1 amide bonds. The predicted octanol–water partition coefficient (Wildman–Crippen LogP) is 2.91. The van der Waals surface area contributed by atoms with Gasteiger partial charge in [-0.2, -0.15) is 0 Å². The molecule has 1 aromatic carbocycles. The summed E-state index contributed by atoms with van der Waals surface area (Å²) in [5.74, 6) is 1.79. The van der Waals surface area contributed by atoms with Gasteiger partial charge in [-0.1, -0.05) is 51.0 Å². The summed E-state index contributed by atoms with van der Waals surface area (Å²) < 4.78 is 0. The number of benzene rings is 1. The Bertz CT molecular complexity index is 581. The highest BCUT2D eigenvalue weighted by Crippen LogP contribution is 2.15. The third-order valence-electron chi connectivity index (χ3n) is 4.93. The number of nitrogens with zero attached hydrogens (tertiary/aromatic N) is 2. The molecule has 0 bridgehead atoms. The number of hydrogen-bond acceptors (Lipinski definition) is 2. The number of amides is 1. The number of carbonyl (C=O) groups is 1. The summed E-state index contributed by atoms with van der Waals surface area (Å²) in [5, 5.41) is 6.78. The molecule has 0 saturated carbocycles. The lowest BCUT2D eigenvalue weighted by Crippen LogP contribution is -2.39. The molecule has 138 valence electrons. The van der Waals surface area contributed by atoms with Crippen LogP contribution in [0.4, 0.5) is 0 Å². The average molecular weight is 345 g/mol. The number of rotatable bonds is 8. The zero-order valence-corrected chi connectivity index (χ0v) is 15.8. The van der Waals surface area contributed by atoms with E-state index in [-0.39, 0.29) is 5.91 Å². The van der Waals surface area contributed by atoms with E-state index in [0.29, 0.717) is 18.9 Å². The maximum atomic E-state index is 11.8. The van der Waals surface area contributed by atoms with Gasteiger partial charge in [0.1, 0.15) is 0 Å². The SMILES string of the molecule is CCC(CC)CNC(=NC)NCc1cccc(CN2CCCC2=O)c1. The molecular formula is C20H32N4O. The minimum Gasteiger partial charge on any atom is -0.356 e. The molecular weight excluding hydrogens is 312 g/mol. The monoisotopic (exact) mass is 344 g/mol. The minimum atomic E-state index is 0.273. The van der Waals surface area contributed by atoms with Crippen molar-refractivity contribution in [2.75, 3.05) is 20.1 Å². The lowest BCUT2D eigenvalue weighted by molar-refractivity contribution is -0.128. The molecule has 1 aromatic rings. The summed E-state index contributed by atoms with van der Waals surface area (Å²) in [6.07, 6.45) is 4.04. The van der Waals surface area contributed by atoms with Crippen molar-refractivity contribution in [3.63, 3.8) is 0 Å². The Morgan fingerprint density at radius 2 is 2.00 bits per heavy atom. The molecule has 2 N–H and O–H groups in total. The number of guanidine groups is 1. The first-order valence-corrected chi connectivity index (χ1v) is 9.46. The van der Waals surface area contributed by atoms with Crippen molar-refractivity contribution in [1.82, 2.24) is 15.5 Å². The van der Waals surface area contributed by atoms with Gasteiger partial charge in [0.05, 0.1) is 0 Å². The van der Waals surface area contributed by atoms with Gasteiger partial charge < -0.3 is 15.5 Å². The maximum Gasteiger partial charge on any atom is 0.222 e. The van der Waals surface area contributed by atoms with Gasteiger partial charge in [-0.25, -0.2) is 0 Å². The Morgan fingerprint density at radius 1 is 1.24 bits per heavy atom. The molecule has 1 aliphatic heterocycles. The van der Waals surface area contributed by atoms with Crippen molar-refractivity contribution in [3.05, 3.63) is 35.4 Å². The van der Waals surface area contributed by atoms with E-state index < -0.39 is 0 Å². The van der Waals surface area contributed by atoms with Gasteiger partial charge in [0.15, 0.2) is 5.96 Å². The molecule has 1 fully saturated rings. The van der Waals surface area contributed by atoms with Crippen molar-refractivity contribution < 1.29 is 4.79 Å². The summed E-state index contributed by atoms with van der Waals surface area (Å²) in [7, 11) is 1.80. The molecule has 0 spiro atoms. The first-order valence-electron chi connectivity index (χ1n) is 9.46. The molecule has 2 rings (SSSR count). The van der Waals surface area contributed by atoms with Crippen molar-refractivity contribution in [2.45, 2.75) is 52.6 Å². The lowest BCUT2D eigenvalue weighted by atomic mass is 10.0. The van der Waals surface area contributed by atoms with Crippen LogP contribution in [0.25, 0.3) is 0 Å². The summed E-state index contributed by atoms with van der Waals surface area (Å²) in [6, 6.07) is 8.44. The quantitative estimate of drug-likeness (QED) is 0.563. The van der Waals surface area contributed by atoms with Crippen LogP contribution in [0.1, 0.15) is 50.7 Å². The minimum absolute atomic E-state index is 0.273.